The van der Waals surface area contributed by atoms with Crippen LogP contribution in [0.2, 0.25) is 0 Å². The first-order chi connectivity index (χ1) is 7.43. The van der Waals surface area contributed by atoms with Crippen LogP contribution in [-0.4, -0.2) is 46.1 Å². The number of aliphatic hydroxyl groups excluding tert-OH is 1. The third-order valence-corrected chi connectivity index (χ3v) is 3.70. The van der Waals surface area contributed by atoms with Gasteiger partial charge in [0.05, 0.1) is 11.6 Å². The van der Waals surface area contributed by atoms with Crippen LogP contribution in [-0.2, 0) is 9.59 Å². The van der Waals surface area contributed by atoms with Crippen molar-refractivity contribution in [2.75, 3.05) is 6.54 Å². The van der Waals surface area contributed by atoms with Gasteiger partial charge in [0.15, 0.2) is 0 Å². The Morgan fingerprint density at radius 3 is 2.62 bits per heavy atom. The summed E-state index contributed by atoms with van der Waals surface area (Å²) in [6.07, 6.45) is 1.13. The van der Waals surface area contributed by atoms with Crippen LogP contribution in [0.3, 0.4) is 0 Å². The average molecular weight is 226 g/mol. The van der Waals surface area contributed by atoms with E-state index >= 15 is 0 Å². The van der Waals surface area contributed by atoms with Gasteiger partial charge in [-0.1, -0.05) is 0 Å². The zero-order valence-corrected chi connectivity index (χ0v) is 9.69. The van der Waals surface area contributed by atoms with E-state index in [0.29, 0.717) is 25.8 Å². The van der Waals surface area contributed by atoms with Gasteiger partial charge in [-0.25, -0.2) is 0 Å². The van der Waals surface area contributed by atoms with Crippen LogP contribution in [0.1, 0.15) is 33.1 Å². The summed E-state index contributed by atoms with van der Waals surface area (Å²) in [5.74, 6) is -0.122. The molecule has 2 heterocycles. The zero-order valence-electron chi connectivity index (χ0n) is 9.69. The van der Waals surface area contributed by atoms with Crippen LogP contribution in [0.5, 0.6) is 0 Å². The van der Waals surface area contributed by atoms with Gasteiger partial charge in [0.1, 0.15) is 6.04 Å². The zero-order chi connectivity index (χ0) is 11.9. The van der Waals surface area contributed by atoms with Crippen LogP contribution < -0.4 is 5.32 Å². The molecule has 2 aliphatic heterocycles. The molecule has 0 aliphatic carbocycles. The van der Waals surface area contributed by atoms with Crippen molar-refractivity contribution in [3.8, 4) is 0 Å². The summed E-state index contributed by atoms with van der Waals surface area (Å²) in [5, 5.41) is 12.5. The number of hydrogen-bond acceptors (Lipinski definition) is 3. The summed E-state index contributed by atoms with van der Waals surface area (Å²) in [6.45, 7) is 4.29. The lowest BCUT2D eigenvalue weighted by Gasteiger charge is -2.35. The van der Waals surface area contributed by atoms with Gasteiger partial charge in [-0.15, -0.1) is 0 Å². The van der Waals surface area contributed by atoms with Crippen LogP contribution in [0, 0.1) is 0 Å². The second-order valence-electron chi connectivity index (χ2n) is 5.11. The van der Waals surface area contributed by atoms with E-state index in [4.69, 9.17) is 0 Å². The minimum atomic E-state index is -0.523. The van der Waals surface area contributed by atoms with Gasteiger partial charge in [-0.3, -0.25) is 9.59 Å². The van der Waals surface area contributed by atoms with Crippen molar-refractivity contribution in [1.82, 2.24) is 10.2 Å². The molecule has 2 amide bonds. The lowest BCUT2D eigenvalue weighted by molar-refractivity contribution is -0.139. The predicted molar refractivity (Wildman–Crippen MR) is 57.6 cm³/mol. The van der Waals surface area contributed by atoms with Crippen molar-refractivity contribution in [2.24, 2.45) is 0 Å². The Labute approximate surface area is 94.8 Å². The Morgan fingerprint density at radius 1 is 1.50 bits per heavy atom. The number of carbonyl (C=O) groups excluding carboxylic acids is 2. The van der Waals surface area contributed by atoms with Gasteiger partial charge in [0.25, 0.3) is 0 Å². The molecule has 2 rings (SSSR count). The summed E-state index contributed by atoms with van der Waals surface area (Å²) in [6, 6.07) is -0.392. The van der Waals surface area contributed by atoms with Crippen molar-refractivity contribution < 1.29 is 14.7 Å². The number of rotatable bonds is 1. The van der Waals surface area contributed by atoms with Gasteiger partial charge >= 0.3 is 0 Å². The van der Waals surface area contributed by atoms with E-state index in [1.54, 1.807) is 4.90 Å². The SMILES string of the molecule is CC1(C)C(O)CCN1C(=O)[C@H]1CCC(=O)N1. The molecule has 0 aromatic carbocycles. The Balaban J connectivity index is 2.08. The van der Waals surface area contributed by atoms with Gasteiger partial charge in [0.2, 0.25) is 11.8 Å². The maximum atomic E-state index is 12.2. The molecule has 16 heavy (non-hydrogen) atoms. The van der Waals surface area contributed by atoms with E-state index in [1.165, 1.54) is 0 Å². The highest BCUT2D eigenvalue weighted by Crippen LogP contribution is 2.30. The molecule has 2 saturated heterocycles. The number of aliphatic hydroxyl groups is 1. The second kappa shape index (κ2) is 3.73. The molecule has 0 bridgehead atoms. The molecule has 0 saturated carbocycles. The summed E-state index contributed by atoms with van der Waals surface area (Å²) in [4.78, 5) is 24.9. The molecule has 90 valence electrons. The molecule has 0 aromatic heterocycles. The maximum absolute atomic E-state index is 12.2. The molecule has 5 nitrogen and oxygen atoms in total. The van der Waals surface area contributed by atoms with E-state index in [-0.39, 0.29) is 11.8 Å². The molecular weight excluding hydrogens is 208 g/mol. The number of likely N-dealkylation sites (tertiary alicyclic amines) is 1. The first-order valence-electron chi connectivity index (χ1n) is 5.72. The number of amides is 2. The van der Waals surface area contributed by atoms with E-state index in [1.807, 2.05) is 13.8 Å². The molecule has 2 aliphatic rings. The summed E-state index contributed by atoms with van der Waals surface area (Å²) in [7, 11) is 0. The van der Waals surface area contributed by atoms with Crippen molar-refractivity contribution >= 4 is 11.8 Å². The minimum Gasteiger partial charge on any atom is -0.391 e. The normalized spacial score (nSPS) is 32.9. The van der Waals surface area contributed by atoms with Gasteiger partial charge in [-0.05, 0) is 26.7 Å². The molecule has 0 spiro atoms. The fraction of sp³-hybridized carbons (Fsp3) is 0.818. The number of nitrogens with one attached hydrogen (secondary N) is 1. The Kier molecular flexibility index (Phi) is 2.66. The second-order valence-corrected chi connectivity index (χ2v) is 5.11. The largest absolute Gasteiger partial charge is 0.391 e. The first kappa shape index (κ1) is 11.4. The smallest absolute Gasteiger partial charge is 0.245 e. The molecule has 2 N–H and O–H groups in total. The standard InChI is InChI=1S/C11H18N2O3/c1-11(2)8(14)5-6-13(11)10(16)7-3-4-9(15)12-7/h7-8,14H,3-6H2,1-2H3,(H,12,15)/t7-,8?/m1/s1. The minimum absolute atomic E-state index is 0.0594. The lowest BCUT2D eigenvalue weighted by atomic mass is 9.98. The molecular formula is C11H18N2O3. The maximum Gasteiger partial charge on any atom is 0.245 e. The van der Waals surface area contributed by atoms with E-state index < -0.39 is 17.7 Å². The van der Waals surface area contributed by atoms with E-state index in [0.717, 1.165) is 0 Å². The molecule has 2 fully saturated rings. The topological polar surface area (TPSA) is 69.6 Å². The highest BCUT2D eigenvalue weighted by Gasteiger charge is 2.45. The molecule has 0 aromatic rings. The molecule has 2 atom stereocenters. The first-order valence-corrected chi connectivity index (χ1v) is 5.72. The van der Waals surface area contributed by atoms with Crippen molar-refractivity contribution in [2.45, 2.75) is 50.8 Å². The Hall–Kier alpha value is -1.10. The summed E-state index contributed by atoms with van der Waals surface area (Å²) < 4.78 is 0. The van der Waals surface area contributed by atoms with Crippen molar-refractivity contribution in [1.29, 1.82) is 0 Å². The third-order valence-electron chi connectivity index (χ3n) is 3.70. The fourth-order valence-corrected chi connectivity index (χ4v) is 2.45. The van der Waals surface area contributed by atoms with Gasteiger partial charge < -0.3 is 15.3 Å². The third kappa shape index (κ3) is 1.69. The van der Waals surface area contributed by atoms with Crippen LogP contribution in [0.25, 0.3) is 0 Å². The Bertz CT molecular complexity index is 327. The van der Waals surface area contributed by atoms with Crippen LogP contribution in [0.15, 0.2) is 0 Å². The van der Waals surface area contributed by atoms with E-state index in [9.17, 15) is 14.7 Å². The van der Waals surface area contributed by atoms with Gasteiger partial charge in [0, 0.05) is 13.0 Å². The van der Waals surface area contributed by atoms with Crippen LogP contribution >= 0.6 is 0 Å². The predicted octanol–water partition coefficient (Wildman–Crippen LogP) is -0.363. The number of hydrogen-bond donors (Lipinski definition) is 2. The highest BCUT2D eigenvalue weighted by molar-refractivity contribution is 5.91. The van der Waals surface area contributed by atoms with Crippen LogP contribution in [0.4, 0.5) is 0 Å². The molecule has 5 heteroatoms. The summed E-state index contributed by atoms with van der Waals surface area (Å²) in [5.41, 5.74) is -0.523. The Morgan fingerprint density at radius 2 is 2.19 bits per heavy atom. The summed E-state index contributed by atoms with van der Waals surface area (Å²) >= 11 is 0. The van der Waals surface area contributed by atoms with Crippen molar-refractivity contribution in [3.05, 3.63) is 0 Å². The average Bonchev–Trinajstić information content (AvgIpc) is 2.73. The van der Waals surface area contributed by atoms with Crippen molar-refractivity contribution in [3.63, 3.8) is 0 Å². The fourth-order valence-electron chi connectivity index (χ4n) is 2.45. The van der Waals surface area contributed by atoms with E-state index in [2.05, 4.69) is 5.32 Å². The highest BCUT2D eigenvalue weighted by atomic mass is 16.3. The van der Waals surface area contributed by atoms with Gasteiger partial charge in [-0.2, -0.15) is 0 Å². The molecule has 0 radical (unpaired) electrons. The lowest BCUT2D eigenvalue weighted by Crippen LogP contribution is -2.53. The molecule has 1 unspecified atom stereocenters. The number of carbonyl (C=O) groups is 2. The quantitative estimate of drug-likeness (QED) is 0.641. The monoisotopic (exact) mass is 226 g/mol. The number of nitrogens with zero attached hydrogens (tertiary/aromatic N) is 1.